The average molecular weight is 322 g/mol. The van der Waals surface area contributed by atoms with Crippen LogP contribution in [0.2, 0.25) is 0 Å². The molecule has 0 unspecified atom stereocenters. The van der Waals surface area contributed by atoms with Gasteiger partial charge in [0, 0.05) is 38.4 Å². The normalized spacial score (nSPS) is 17.1. The topological polar surface area (TPSA) is 40.5 Å². The molecule has 0 radical (unpaired) electrons. The highest BCUT2D eigenvalue weighted by Gasteiger charge is 2.30. The van der Waals surface area contributed by atoms with E-state index in [1.807, 2.05) is 31.4 Å². The van der Waals surface area contributed by atoms with E-state index < -0.39 is 0 Å². The molecule has 0 bridgehead atoms. The standard InChI is InChI=1S/C20H26N4/c1-20(2)10-12-24(15-20)19(21-3)23-14-16-7-6-8-17(13-16)18-9-4-5-11-22-18/h4-9,11,13H,10,12,14-15H2,1-3H3,(H,21,23). The van der Waals surface area contributed by atoms with Gasteiger partial charge in [-0.15, -0.1) is 0 Å². The average Bonchev–Trinajstić information content (AvgIpc) is 2.96. The number of guanidine groups is 1. The highest BCUT2D eigenvalue weighted by atomic mass is 15.3. The maximum absolute atomic E-state index is 4.45. The second kappa shape index (κ2) is 7.04. The first-order valence-electron chi connectivity index (χ1n) is 8.53. The van der Waals surface area contributed by atoms with Crippen molar-refractivity contribution in [3.63, 3.8) is 0 Å². The molecule has 1 aliphatic rings. The first kappa shape index (κ1) is 16.5. The van der Waals surface area contributed by atoms with Crippen molar-refractivity contribution in [2.45, 2.75) is 26.8 Å². The predicted octanol–water partition coefficient (Wildman–Crippen LogP) is 3.56. The zero-order valence-corrected chi connectivity index (χ0v) is 14.8. The summed E-state index contributed by atoms with van der Waals surface area (Å²) in [6.07, 6.45) is 3.04. The molecule has 1 N–H and O–H groups in total. The molecule has 4 heteroatoms. The summed E-state index contributed by atoms with van der Waals surface area (Å²) in [6, 6.07) is 14.5. The van der Waals surface area contributed by atoms with Gasteiger partial charge < -0.3 is 10.2 Å². The van der Waals surface area contributed by atoms with E-state index in [4.69, 9.17) is 0 Å². The summed E-state index contributed by atoms with van der Waals surface area (Å²) in [6.45, 7) is 7.53. The van der Waals surface area contributed by atoms with E-state index in [9.17, 15) is 0 Å². The van der Waals surface area contributed by atoms with Crippen LogP contribution in [0.25, 0.3) is 11.3 Å². The molecule has 2 aromatic rings. The number of pyridine rings is 1. The molecular weight excluding hydrogens is 296 g/mol. The first-order valence-corrected chi connectivity index (χ1v) is 8.53. The summed E-state index contributed by atoms with van der Waals surface area (Å²) in [5, 5.41) is 3.50. The zero-order chi connectivity index (χ0) is 17.0. The molecular formula is C20H26N4. The van der Waals surface area contributed by atoms with Gasteiger partial charge in [-0.3, -0.25) is 9.98 Å². The van der Waals surface area contributed by atoms with Gasteiger partial charge in [-0.05, 0) is 35.6 Å². The van der Waals surface area contributed by atoms with E-state index in [0.717, 1.165) is 36.9 Å². The fourth-order valence-electron chi connectivity index (χ4n) is 3.18. The van der Waals surface area contributed by atoms with E-state index in [-0.39, 0.29) is 0 Å². The molecule has 2 heterocycles. The van der Waals surface area contributed by atoms with E-state index >= 15 is 0 Å². The molecule has 1 aromatic carbocycles. The molecule has 0 aliphatic carbocycles. The second-order valence-electron chi connectivity index (χ2n) is 7.15. The summed E-state index contributed by atoms with van der Waals surface area (Å²) in [4.78, 5) is 11.2. The van der Waals surface area contributed by atoms with Crippen molar-refractivity contribution in [2.24, 2.45) is 10.4 Å². The van der Waals surface area contributed by atoms with Crippen LogP contribution in [0.3, 0.4) is 0 Å². The minimum Gasteiger partial charge on any atom is -0.352 e. The highest BCUT2D eigenvalue weighted by Crippen LogP contribution is 2.28. The molecule has 0 spiro atoms. The summed E-state index contributed by atoms with van der Waals surface area (Å²) in [7, 11) is 1.86. The number of rotatable bonds is 3. The monoisotopic (exact) mass is 322 g/mol. The Balaban J connectivity index is 1.66. The van der Waals surface area contributed by atoms with E-state index in [1.165, 1.54) is 12.0 Å². The Hall–Kier alpha value is -2.36. The van der Waals surface area contributed by atoms with Crippen molar-refractivity contribution >= 4 is 5.96 Å². The van der Waals surface area contributed by atoms with Crippen LogP contribution in [0.4, 0.5) is 0 Å². The van der Waals surface area contributed by atoms with Gasteiger partial charge in [0.15, 0.2) is 5.96 Å². The van der Waals surface area contributed by atoms with E-state index in [2.05, 4.69) is 58.3 Å². The van der Waals surface area contributed by atoms with Gasteiger partial charge in [0.25, 0.3) is 0 Å². The number of aliphatic imine (C=N–C) groups is 1. The molecule has 0 amide bonds. The molecule has 3 rings (SSSR count). The van der Waals surface area contributed by atoms with Gasteiger partial charge in [-0.2, -0.15) is 0 Å². The summed E-state index contributed by atoms with van der Waals surface area (Å²) in [5.74, 6) is 0.990. The number of likely N-dealkylation sites (tertiary alicyclic amines) is 1. The van der Waals surface area contributed by atoms with Crippen LogP contribution in [-0.2, 0) is 6.54 Å². The lowest BCUT2D eigenvalue weighted by Crippen LogP contribution is -2.40. The fourth-order valence-corrected chi connectivity index (χ4v) is 3.18. The maximum Gasteiger partial charge on any atom is 0.193 e. The smallest absolute Gasteiger partial charge is 0.193 e. The first-order chi connectivity index (χ1) is 11.6. The molecule has 1 aromatic heterocycles. The Morgan fingerprint density at radius 3 is 2.79 bits per heavy atom. The van der Waals surface area contributed by atoms with Crippen LogP contribution < -0.4 is 5.32 Å². The van der Waals surface area contributed by atoms with Crippen LogP contribution in [0, 0.1) is 5.41 Å². The van der Waals surface area contributed by atoms with Crippen molar-refractivity contribution in [1.29, 1.82) is 0 Å². The predicted molar refractivity (Wildman–Crippen MR) is 99.8 cm³/mol. The maximum atomic E-state index is 4.45. The highest BCUT2D eigenvalue weighted by molar-refractivity contribution is 5.80. The number of hydrogen-bond acceptors (Lipinski definition) is 2. The molecule has 126 valence electrons. The van der Waals surface area contributed by atoms with Crippen LogP contribution in [0.5, 0.6) is 0 Å². The number of hydrogen-bond donors (Lipinski definition) is 1. The molecule has 24 heavy (non-hydrogen) atoms. The molecule has 1 saturated heterocycles. The van der Waals surface area contributed by atoms with Gasteiger partial charge in [0.1, 0.15) is 0 Å². The third-order valence-electron chi connectivity index (χ3n) is 4.53. The van der Waals surface area contributed by atoms with Gasteiger partial charge in [0.2, 0.25) is 0 Å². The number of benzene rings is 1. The van der Waals surface area contributed by atoms with Crippen LogP contribution in [-0.4, -0.2) is 36.0 Å². The van der Waals surface area contributed by atoms with Crippen LogP contribution in [0.15, 0.2) is 53.7 Å². The molecule has 4 nitrogen and oxygen atoms in total. The Morgan fingerprint density at radius 1 is 1.25 bits per heavy atom. The van der Waals surface area contributed by atoms with Crippen molar-refractivity contribution in [3.8, 4) is 11.3 Å². The van der Waals surface area contributed by atoms with Crippen molar-refractivity contribution in [1.82, 2.24) is 15.2 Å². The summed E-state index contributed by atoms with van der Waals surface area (Å²) >= 11 is 0. The summed E-state index contributed by atoms with van der Waals surface area (Å²) < 4.78 is 0. The van der Waals surface area contributed by atoms with Crippen LogP contribution >= 0.6 is 0 Å². The third-order valence-corrected chi connectivity index (χ3v) is 4.53. The van der Waals surface area contributed by atoms with E-state index in [0.29, 0.717) is 5.41 Å². The molecule has 1 fully saturated rings. The molecule has 1 aliphatic heterocycles. The quantitative estimate of drug-likeness (QED) is 0.694. The van der Waals surface area contributed by atoms with Gasteiger partial charge >= 0.3 is 0 Å². The zero-order valence-electron chi connectivity index (χ0n) is 14.8. The van der Waals surface area contributed by atoms with Crippen molar-refractivity contribution in [2.75, 3.05) is 20.1 Å². The summed E-state index contributed by atoms with van der Waals surface area (Å²) in [5.41, 5.74) is 3.76. The van der Waals surface area contributed by atoms with Gasteiger partial charge in [-0.25, -0.2) is 0 Å². The van der Waals surface area contributed by atoms with Gasteiger partial charge in [0.05, 0.1) is 5.69 Å². The fraction of sp³-hybridized carbons (Fsp3) is 0.400. The Labute approximate surface area is 144 Å². The lowest BCUT2D eigenvalue weighted by molar-refractivity contribution is 0.370. The largest absolute Gasteiger partial charge is 0.352 e. The number of nitrogens with one attached hydrogen (secondary N) is 1. The number of aromatic nitrogens is 1. The lowest BCUT2D eigenvalue weighted by atomic mass is 9.93. The SMILES string of the molecule is CN=C(NCc1cccc(-c2ccccn2)c1)N1CCC(C)(C)C1. The van der Waals surface area contributed by atoms with Gasteiger partial charge in [-0.1, -0.05) is 38.1 Å². The molecule has 0 atom stereocenters. The third kappa shape index (κ3) is 3.94. The number of nitrogens with zero attached hydrogens (tertiary/aromatic N) is 3. The Kier molecular flexibility index (Phi) is 4.84. The lowest BCUT2D eigenvalue weighted by Gasteiger charge is -2.23. The minimum atomic E-state index is 0.372. The second-order valence-corrected chi connectivity index (χ2v) is 7.15. The Bertz CT molecular complexity index is 707. The van der Waals surface area contributed by atoms with Crippen LogP contribution in [0.1, 0.15) is 25.8 Å². The Morgan fingerprint density at radius 2 is 2.12 bits per heavy atom. The van der Waals surface area contributed by atoms with Crippen molar-refractivity contribution < 1.29 is 0 Å². The molecule has 0 saturated carbocycles. The van der Waals surface area contributed by atoms with E-state index in [1.54, 1.807) is 0 Å². The minimum absolute atomic E-state index is 0.372. The van der Waals surface area contributed by atoms with Crippen molar-refractivity contribution in [3.05, 3.63) is 54.2 Å².